The molecule has 8 aromatic rings. The maximum Gasteiger partial charge on any atom is 0.330 e. The van der Waals surface area contributed by atoms with Crippen LogP contribution in [0.25, 0.3) is 33.7 Å². The first-order valence-electron chi connectivity index (χ1n) is 42.6. The zero-order valence-corrected chi connectivity index (χ0v) is 74.1. The SMILES string of the molecule is CCCCCCCCCCNC1(C)CC(OC2C(Oc3c4cc(cc3Oc3ccc([C@@H](O)[C@@H](NC(=O)[C@@H](CC(C)C)NC)C(=O)N[C@@H](CC(N)=O)C(N)=O)cc3Cl)[C@@H](C)C(=O)N[C@H]3C(=O)NC(C(=O)N[C@@H](C(=O)O)c5cc(O)cc(O)c5-c5cc3ccc5O)[C@H](O)c3ccc(c(Cl)c3)O4)OC(CSc3nc(-c4ccccc4)c(-c4ccccc4)o3)C(O)C2O)OC(C)C1O. The highest BCUT2D eigenvalue weighted by Crippen LogP contribution is 2.51. The number of hydrogen-bond acceptors (Lipinski definition) is 27. The molecule has 5 aliphatic rings. The number of carboxylic acid groups (broad SMARTS) is 1. The first-order chi connectivity index (χ1) is 61.5. The van der Waals surface area contributed by atoms with E-state index in [4.69, 9.17) is 72.5 Å². The van der Waals surface area contributed by atoms with Gasteiger partial charge in [-0.1, -0.05) is 180 Å². The Morgan fingerprint density at radius 1 is 0.705 bits per heavy atom. The van der Waals surface area contributed by atoms with Crippen molar-refractivity contribution in [3.63, 3.8) is 0 Å². The van der Waals surface area contributed by atoms with Crippen LogP contribution in [0.1, 0.15) is 170 Å². The molecule has 6 heterocycles. The van der Waals surface area contributed by atoms with Crippen molar-refractivity contribution in [2.75, 3.05) is 19.3 Å². The van der Waals surface area contributed by atoms with Crippen LogP contribution in [0.5, 0.6) is 46.0 Å². The molecule has 0 aliphatic carbocycles. The Labute approximate surface area is 757 Å². The fourth-order valence-electron chi connectivity index (χ4n) is 16.1. The van der Waals surface area contributed by atoms with Crippen LogP contribution >= 0.6 is 35.0 Å². The zero-order chi connectivity index (χ0) is 93.0. The van der Waals surface area contributed by atoms with Crippen molar-refractivity contribution < 1.29 is 117 Å². The van der Waals surface area contributed by atoms with Crippen molar-refractivity contribution in [1.82, 2.24) is 42.2 Å². The standard InChI is InChI=1S/C92H108Cl2N10O24S/c1-8-9-10-11-12-13-14-21-32-98-92(6)42-68(122-46(5)82(92)113)126-81-78(112)77(111)66(43-129-91-104-70(47-22-17-15-18-23-47)79(128-91)48-24-19-16-20-25-48)125-90(81)127-80-64(123-62-30-27-50(35-56(62)93)75(109)73(102-85(116)59(97-7)33-44(2)3)87(118)99-58(83(96)114)41-67(95)108)37-52-38-65(80)124-63-31-28-51(36-57(63)94)76(110)74-88(119)101-72(89(120)121)55-39-53(105)40-61(107)69(55)54-34-49(26-29-60(54)106)71(86(117)103-74)100-84(115)45(52)4/h15-20,22-31,34-40,44-46,58-59,66,68,71-78,81-82,90,97-98,105-107,109-113H,8-14,21,32-33,41-43H2,1-7H3,(H2,95,108)(H2,96,114)(H,99,118)(H,100,115)(H,101,119)(H,102,116)(H,103,117)(H,120,121)/t45-,46?,58+,59-,66?,68?,71-,72-,73-,74?,75-,76-,77?,78?,81?,82?,90?,92?/m1/s1. The number of aliphatic hydroxyl groups excluding tert-OH is 5. The Morgan fingerprint density at radius 3 is 2.05 bits per heavy atom. The van der Waals surface area contributed by atoms with Crippen LogP contribution in [0.2, 0.25) is 10.0 Å². The maximum absolute atomic E-state index is 15.7. The number of phenols is 3. The second-order valence-corrected chi connectivity index (χ2v) is 35.0. The highest BCUT2D eigenvalue weighted by atomic mass is 35.5. The number of thioether (sulfide) groups is 1. The molecule has 5 aliphatic heterocycles. The van der Waals surface area contributed by atoms with Gasteiger partial charge < -0.3 is 127 Å². The van der Waals surface area contributed by atoms with E-state index in [0.29, 0.717) is 29.1 Å². The molecule has 7 amide bonds. The molecule has 18 atom stereocenters. The molecule has 2 saturated heterocycles. The summed E-state index contributed by atoms with van der Waals surface area (Å²) < 4.78 is 47.7. The minimum atomic E-state index is -2.19. The lowest BCUT2D eigenvalue weighted by Gasteiger charge is -2.48. The Morgan fingerprint density at radius 2 is 1.40 bits per heavy atom. The summed E-state index contributed by atoms with van der Waals surface area (Å²) in [5.74, 6) is -15.0. The average molecular weight is 1840 g/mol. The lowest BCUT2D eigenvalue weighted by Crippen LogP contribution is -2.65. The fourth-order valence-corrected chi connectivity index (χ4v) is 17.4. The van der Waals surface area contributed by atoms with Gasteiger partial charge in [0.25, 0.3) is 5.22 Å². The smallest absolute Gasteiger partial charge is 0.330 e. The number of benzene rings is 7. The number of carbonyl (C=O) groups excluding carboxylic acids is 7. The number of oxazole rings is 1. The molecule has 8 bridgehead atoms. The molecule has 0 spiro atoms. The number of likely N-dealkylation sites (N-methyl/N-ethyl adjacent to an activating group) is 1. The van der Waals surface area contributed by atoms with Gasteiger partial charge in [-0.25, -0.2) is 9.78 Å². The van der Waals surface area contributed by atoms with Crippen molar-refractivity contribution >= 4 is 82.3 Å². The van der Waals surface area contributed by atoms with Crippen molar-refractivity contribution in [2.45, 2.75) is 227 Å². The third-order valence-corrected chi connectivity index (χ3v) is 24.7. The monoisotopic (exact) mass is 1840 g/mol. The Balaban J connectivity index is 1.01. The number of rotatable bonds is 34. The molecule has 690 valence electrons. The number of nitrogens with two attached hydrogens (primary N) is 2. The number of aliphatic hydroxyl groups is 5. The van der Waals surface area contributed by atoms with Crippen LogP contribution in [0.15, 0.2) is 149 Å². The van der Waals surface area contributed by atoms with Crippen LogP contribution in [0, 0.1) is 5.92 Å². The molecule has 34 nitrogen and oxygen atoms in total. The number of ether oxygens (including phenoxy) is 6. The van der Waals surface area contributed by atoms with Crippen molar-refractivity contribution in [2.24, 2.45) is 17.4 Å². The highest BCUT2D eigenvalue weighted by molar-refractivity contribution is 7.99. The van der Waals surface area contributed by atoms with E-state index in [1.54, 1.807) is 6.92 Å². The summed E-state index contributed by atoms with van der Waals surface area (Å²) in [6, 6.07) is 22.5. The number of unbranched alkanes of at least 4 members (excludes halogenated alkanes) is 7. The molecule has 20 N–H and O–H groups in total. The minimum Gasteiger partial charge on any atom is -0.508 e. The summed E-state index contributed by atoms with van der Waals surface area (Å²) in [4.78, 5) is 118. The van der Waals surface area contributed by atoms with Crippen LogP contribution < -0.4 is 62.9 Å². The maximum atomic E-state index is 15.7. The molecule has 10 unspecified atom stereocenters. The molecule has 2 fully saturated rings. The van der Waals surface area contributed by atoms with Gasteiger partial charge in [-0.05, 0) is 130 Å². The van der Waals surface area contributed by atoms with Gasteiger partial charge in [0.2, 0.25) is 53.4 Å². The lowest BCUT2D eigenvalue weighted by atomic mass is 9.85. The van der Waals surface area contributed by atoms with Gasteiger partial charge >= 0.3 is 5.97 Å². The largest absolute Gasteiger partial charge is 0.508 e. The predicted molar refractivity (Wildman–Crippen MR) is 473 cm³/mol. The van der Waals surface area contributed by atoms with Crippen molar-refractivity contribution in [1.29, 1.82) is 0 Å². The number of amides is 7. The van der Waals surface area contributed by atoms with E-state index in [9.17, 15) is 74.7 Å². The number of carbonyl (C=O) groups is 8. The molecule has 37 heteroatoms. The first kappa shape index (κ1) is 96.9. The Bertz CT molecular complexity index is 5310. The summed E-state index contributed by atoms with van der Waals surface area (Å²) in [6.45, 7) is 11.2. The van der Waals surface area contributed by atoms with Gasteiger partial charge in [-0.3, -0.25) is 33.6 Å². The number of carboxylic acids is 1. The summed E-state index contributed by atoms with van der Waals surface area (Å²) in [5.41, 5.74) is 9.88. The molecule has 0 radical (unpaired) electrons. The van der Waals surface area contributed by atoms with Gasteiger partial charge in [0.1, 0.15) is 83.0 Å². The molecule has 13 rings (SSSR count). The molecule has 1 aromatic heterocycles. The zero-order valence-electron chi connectivity index (χ0n) is 71.8. The number of halogens is 2. The van der Waals surface area contributed by atoms with Crippen molar-refractivity contribution in [3.05, 3.63) is 177 Å². The summed E-state index contributed by atoms with van der Waals surface area (Å²) in [6.07, 6.45) is -8.85. The Hall–Kier alpha value is -11.2. The van der Waals surface area contributed by atoms with Crippen LogP contribution in [0.4, 0.5) is 0 Å². The number of aliphatic carboxylic acids is 1. The molecule has 129 heavy (non-hydrogen) atoms. The average Bonchev–Trinajstić information content (AvgIpc) is 1.35. The molecule has 7 aromatic carbocycles. The third kappa shape index (κ3) is 23.2. The van der Waals surface area contributed by atoms with E-state index >= 15 is 9.59 Å². The van der Waals surface area contributed by atoms with Gasteiger partial charge in [0.05, 0.1) is 46.7 Å². The second kappa shape index (κ2) is 43.0. The number of nitrogens with zero attached hydrogens (tertiary/aromatic N) is 1. The summed E-state index contributed by atoms with van der Waals surface area (Å²) in [7, 11) is 1.50. The van der Waals surface area contributed by atoms with Gasteiger partial charge in [-0.15, -0.1) is 0 Å². The van der Waals surface area contributed by atoms with E-state index in [1.165, 1.54) is 56.4 Å². The predicted octanol–water partition coefficient (Wildman–Crippen LogP) is 9.42. The third-order valence-electron chi connectivity index (χ3n) is 23.2. The van der Waals surface area contributed by atoms with Crippen LogP contribution in [-0.2, 0) is 52.6 Å². The number of fused-ring (bicyclic) bond motifs is 8. The number of hydrogen-bond donors (Lipinski definition) is 18. The number of aromatic nitrogens is 1. The molecular formula is C92H108Cl2N10O24S. The van der Waals surface area contributed by atoms with Gasteiger partial charge in [0.15, 0.2) is 35.7 Å². The molecular weight excluding hydrogens is 1730 g/mol. The van der Waals surface area contributed by atoms with Crippen LogP contribution in [-0.4, -0.2) is 197 Å². The number of nitrogens with one attached hydrogen (secondary N) is 7. The quantitative estimate of drug-likeness (QED) is 0.0132. The van der Waals surface area contributed by atoms with E-state index in [1.807, 2.05) is 81.4 Å². The highest BCUT2D eigenvalue weighted by Gasteiger charge is 2.52. The van der Waals surface area contributed by atoms with E-state index < -0.39 is 208 Å². The number of phenolic OH excluding ortho intramolecular Hbond substituents is 3. The van der Waals surface area contributed by atoms with Gasteiger partial charge in [0, 0.05) is 51.6 Å². The minimum absolute atomic E-state index is 0.0638. The van der Waals surface area contributed by atoms with Crippen molar-refractivity contribution in [3.8, 4) is 79.7 Å². The topological polar surface area (TPSA) is 536 Å². The summed E-state index contributed by atoms with van der Waals surface area (Å²) in [5, 5.41) is 126. The van der Waals surface area contributed by atoms with E-state index in [-0.39, 0.29) is 79.1 Å². The number of aromatic hydroxyl groups is 3. The fraction of sp³-hybridized carbons (Fsp3) is 0.424. The van der Waals surface area contributed by atoms with Crippen LogP contribution in [0.3, 0.4) is 0 Å². The second-order valence-electron chi connectivity index (χ2n) is 33.2. The van der Waals surface area contributed by atoms with Gasteiger partial charge in [-0.2, -0.15) is 0 Å². The first-order valence-corrected chi connectivity index (χ1v) is 44.3. The summed E-state index contributed by atoms with van der Waals surface area (Å²) >= 11 is 15.6. The Kier molecular flexibility index (Phi) is 32.3. The number of primary amides is 2. The lowest BCUT2D eigenvalue weighted by molar-refractivity contribution is -0.330. The molecule has 0 saturated carbocycles. The van der Waals surface area contributed by atoms with E-state index in [2.05, 4.69) is 44.1 Å². The van der Waals surface area contributed by atoms with E-state index in [0.717, 1.165) is 99.5 Å². The normalized spacial score (nSPS) is 23.7.